The van der Waals surface area contributed by atoms with Crippen molar-refractivity contribution in [2.45, 2.75) is 6.42 Å². The molecule has 0 aromatic carbocycles. The van der Waals surface area contributed by atoms with E-state index in [0.29, 0.717) is 17.0 Å². The lowest BCUT2D eigenvalue weighted by Gasteiger charge is -1.86. The second-order valence-corrected chi connectivity index (χ2v) is 2.90. The number of hydrogen-bond donors (Lipinski definition) is 0. The van der Waals surface area contributed by atoms with Gasteiger partial charge in [0, 0.05) is 15.9 Å². The normalized spacial score (nSPS) is 10.4. The molecule has 0 radical (unpaired) electrons. The molecule has 0 aliphatic carbocycles. The topological polar surface area (TPSA) is 52.1 Å². The van der Waals surface area contributed by atoms with E-state index in [9.17, 15) is 0 Å². The van der Waals surface area contributed by atoms with Gasteiger partial charge in [0.25, 0.3) is 4.80 Å². The highest BCUT2D eigenvalue weighted by Gasteiger charge is 2.05. The molecule has 0 atom stereocenters. The Balaban J connectivity index is 2.14. The molecule has 0 bridgehead atoms. The van der Waals surface area contributed by atoms with Crippen molar-refractivity contribution < 1.29 is 8.94 Å². The molecule has 62 valence electrons. The van der Waals surface area contributed by atoms with Gasteiger partial charge in [-0.05, 0) is 12.1 Å². The van der Waals surface area contributed by atoms with E-state index in [4.69, 9.17) is 8.94 Å². The molecule has 2 aromatic heterocycles. The second-order valence-electron chi connectivity index (χ2n) is 2.22. The van der Waals surface area contributed by atoms with Crippen LogP contribution in [0, 0.1) is 0 Å². The molecule has 5 heteroatoms. The van der Waals surface area contributed by atoms with Crippen molar-refractivity contribution in [2.75, 3.05) is 0 Å². The van der Waals surface area contributed by atoms with Gasteiger partial charge >= 0.3 is 0 Å². The molecule has 2 rings (SSSR count). The minimum Gasteiger partial charge on any atom is -0.469 e. The number of furan rings is 1. The average molecular weight is 229 g/mol. The maximum Gasteiger partial charge on any atom is 0.293 e. The molecule has 0 saturated heterocycles. The van der Waals surface area contributed by atoms with Gasteiger partial charge in [-0.3, -0.25) is 0 Å². The third-order valence-electron chi connectivity index (χ3n) is 1.36. The van der Waals surface area contributed by atoms with E-state index in [2.05, 4.69) is 26.1 Å². The Labute approximate surface area is 76.7 Å². The number of rotatable bonds is 2. The van der Waals surface area contributed by atoms with E-state index in [1.807, 2.05) is 12.1 Å². The van der Waals surface area contributed by atoms with E-state index in [1.54, 1.807) is 6.26 Å². The summed E-state index contributed by atoms with van der Waals surface area (Å²) in [6.45, 7) is 0. The first kappa shape index (κ1) is 7.54. The standard InChI is InChI=1S/C7H5BrN2O2/c8-7-9-6(10-12-7)4-5-2-1-3-11-5/h1-3H,4H2. The van der Waals surface area contributed by atoms with Crippen LogP contribution in [-0.2, 0) is 6.42 Å². The Morgan fingerprint density at radius 3 is 3.00 bits per heavy atom. The fraction of sp³-hybridized carbons (Fsp3) is 0.143. The molecule has 12 heavy (non-hydrogen) atoms. The fourth-order valence-electron chi connectivity index (χ4n) is 0.873. The second kappa shape index (κ2) is 3.10. The zero-order valence-electron chi connectivity index (χ0n) is 6.03. The molecule has 0 N–H and O–H groups in total. The summed E-state index contributed by atoms with van der Waals surface area (Å²) in [6, 6.07) is 3.69. The van der Waals surface area contributed by atoms with Crippen molar-refractivity contribution in [2.24, 2.45) is 0 Å². The molecule has 2 heterocycles. The van der Waals surface area contributed by atoms with Crippen LogP contribution in [0.2, 0.25) is 0 Å². The van der Waals surface area contributed by atoms with Gasteiger partial charge in [0.15, 0.2) is 5.82 Å². The maximum absolute atomic E-state index is 5.11. The van der Waals surface area contributed by atoms with Crippen LogP contribution in [0.15, 0.2) is 32.1 Å². The Morgan fingerprint density at radius 2 is 2.42 bits per heavy atom. The third-order valence-corrected chi connectivity index (χ3v) is 1.68. The van der Waals surface area contributed by atoms with Gasteiger partial charge in [-0.25, -0.2) is 0 Å². The predicted molar refractivity (Wildman–Crippen MR) is 43.5 cm³/mol. The first-order chi connectivity index (χ1) is 5.84. The molecular weight excluding hydrogens is 224 g/mol. The molecule has 0 aliphatic rings. The molecule has 0 unspecified atom stereocenters. The van der Waals surface area contributed by atoms with Gasteiger partial charge in [0.05, 0.1) is 12.7 Å². The van der Waals surface area contributed by atoms with E-state index < -0.39 is 0 Å². The van der Waals surface area contributed by atoms with Crippen LogP contribution in [0.5, 0.6) is 0 Å². The fourth-order valence-corrected chi connectivity index (χ4v) is 1.15. The molecule has 0 spiro atoms. The van der Waals surface area contributed by atoms with E-state index >= 15 is 0 Å². The summed E-state index contributed by atoms with van der Waals surface area (Å²) < 4.78 is 9.84. The summed E-state index contributed by atoms with van der Waals surface area (Å²) in [5, 5.41) is 3.70. The lowest BCUT2D eigenvalue weighted by molar-refractivity contribution is 0.389. The molecule has 2 aromatic rings. The van der Waals surface area contributed by atoms with Crippen LogP contribution in [0.1, 0.15) is 11.6 Å². The quantitative estimate of drug-likeness (QED) is 0.790. The van der Waals surface area contributed by atoms with Gasteiger partial charge in [0.1, 0.15) is 5.76 Å². The van der Waals surface area contributed by atoms with Crippen molar-refractivity contribution in [3.63, 3.8) is 0 Å². The van der Waals surface area contributed by atoms with E-state index in [0.717, 1.165) is 5.76 Å². The highest BCUT2D eigenvalue weighted by Crippen LogP contribution is 2.09. The largest absolute Gasteiger partial charge is 0.469 e. The molecule has 0 fully saturated rings. The third kappa shape index (κ3) is 1.55. The number of aromatic nitrogens is 2. The van der Waals surface area contributed by atoms with Crippen molar-refractivity contribution in [3.8, 4) is 0 Å². The first-order valence-corrected chi connectivity index (χ1v) is 4.14. The minimum atomic E-state index is 0.393. The highest BCUT2D eigenvalue weighted by atomic mass is 79.9. The van der Waals surface area contributed by atoms with Crippen molar-refractivity contribution in [3.05, 3.63) is 34.8 Å². The average Bonchev–Trinajstić information content (AvgIpc) is 2.63. The monoisotopic (exact) mass is 228 g/mol. The lowest BCUT2D eigenvalue weighted by atomic mass is 10.3. The van der Waals surface area contributed by atoms with Crippen LogP contribution in [0.25, 0.3) is 0 Å². The van der Waals surface area contributed by atoms with Crippen LogP contribution in [0.4, 0.5) is 0 Å². The molecule has 0 aliphatic heterocycles. The van der Waals surface area contributed by atoms with Crippen molar-refractivity contribution in [1.29, 1.82) is 0 Å². The van der Waals surface area contributed by atoms with Crippen LogP contribution >= 0.6 is 15.9 Å². The summed E-state index contributed by atoms with van der Waals surface area (Å²) in [4.78, 5) is 4.36. The first-order valence-electron chi connectivity index (χ1n) is 3.35. The molecular formula is C7H5BrN2O2. The van der Waals surface area contributed by atoms with Crippen molar-refractivity contribution >= 4 is 15.9 Å². The predicted octanol–water partition coefficient (Wildman–Crippen LogP) is 2.02. The SMILES string of the molecule is Brc1nc(Cc2ccco2)no1. The summed E-state index contributed by atoms with van der Waals surface area (Å²) in [5.74, 6) is 1.43. The molecule has 0 amide bonds. The summed E-state index contributed by atoms with van der Waals surface area (Å²) >= 11 is 3.07. The number of nitrogens with zero attached hydrogens (tertiary/aromatic N) is 2. The Bertz CT molecular complexity index is 355. The van der Waals surface area contributed by atoms with Crippen molar-refractivity contribution in [1.82, 2.24) is 10.1 Å². The Morgan fingerprint density at radius 1 is 1.50 bits per heavy atom. The van der Waals surface area contributed by atoms with E-state index in [1.165, 1.54) is 0 Å². The van der Waals surface area contributed by atoms with Crippen LogP contribution < -0.4 is 0 Å². The molecule has 0 saturated carbocycles. The minimum absolute atomic E-state index is 0.393. The van der Waals surface area contributed by atoms with Gasteiger partial charge in [-0.1, -0.05) is 5.16 Å². The van der Waals surface area contributed by atoms with Gasteiger partial charge < -0.3 is 8.94 Å². The molecule has 4 nitrogen and oxygen atoms in total. The summed E-state index contributed by atoms with van der Waals surface area (Å²) in [7, 11) is 0. The van der Waals surface area contributed by atoms with Gasteiger partial charge in [-0.15, -0.1) is 0 Å². The Kier molecular flexibility index (Phi) is 1.95. The number of hydrogen-bond acceptors (Lipinski definition) is 4. The zero-order valence-corrected chi connectivity index (χ0v) is 7.61. The zero-order chi connectivity index (χ0) is 8.39. The smallest absolute Gasteiger partial charge is 0.293 e. The van der Waals surface area contributed by atoms with Gasteiger partial charge in [-0.2, -0.15) is 4.98 Å². The summed E-state index contributed by atoms with van der Waals surface area (Å²) in [5.41, 5.74) is 0. The summed E-state index contributed by atoms with van der Waals surface area (Å²) in [6.07, 6.45) is 2.17. The van der Waals surface area contributed by atoms with E-state index in [-0.39, 0.29) is 0 Å². The van der Waals surface area contributed by atoms with Crippen LogP contribution in [0.3, 0.4) is 0 Å². The number of halogens is 1. The maximum atomic E-state index is 5.11. The Hall–Kier alpha value is -1.10. The van der Waals surface area contributed by atoms with Crippen LogP contribution in [-0.4, -0.2) is 10.1 Å². The highest BCUT2D eigenvalue weighted by molar-refractivity contribution is 9.10. The van der Waals surface area contributed by atoms with Gasteiger partial charge in [0.2, 0.25) is 0 Å². The lowest BCUT2D eigenvalue weighted by Crippen LogP contribution is -1.87.